The Morgan fingerprint density at radius 2 is 2.09 bits per heavy atom. The molecule has 0 saturated carbocycles. The van der Waals surface area contributed by atoms with Crippen molar-refractivity contribution in [2.75, 3.05) is 0 Å². The minimum absolute atomic E-state index is 0.922. The maximum Gasteiger partial charge on any atom is 0.341 e. The molecule has 3 radical (unpaired) electrons. The summed E-state index contributed by atoms with van der Waals surface area (Å²) in [6, 6.07) is 8.03. The molecule has 0 unspecified atom stereocenters. The summed E-state index contributed by atoms with van der Waals surface area (Å²) in [7, 11) is 3.03. The fourth-order valence-electron chi connectivity index (χ4n) is 1.08. The van der Waals surface area contributed by atoms with E-state index in [2.05, 4.69) is 23.5 Å². The molecule has 0 N–H and O–H groups in total. The molecule has 2 heteroatoms. The SMILES string of the molecule is CCCc1ccccc1O[Si]. The number of benzene rings is 1. The molecule has 0 fully saturated rings. The van der Waals surface area contributed by atoms with Gasteiger partial charge in [-0.2, -0.15) is 0 Å². The molecule has 0 bridgehead atoms. The summed E-state index contributed by atoms with van der Waals surface area (Å²) in [5.41, 5.74) is 1.25. The lowest BCUT2D eigenvalue weighted by Gasteiger charge is -2.05. The molecule has 11 heavy (non-hydrogen) atoms. The molecule has 0 atom stereocenters. The second kappa shape index (κ2) is 4.19. The minimum Gasteiger partial charge on any atom is -0.540 e. The monoisotopic (exact) mass is 163 g/mol. The first kappa shape index (κ1) is 8.33. The van der Waals surface area contributed by atoms with E-state index in [4.69, 9.17) is 4.43 Å². The molecule has 0 amide bonds. The summed E-state index contributed by atoms with van der Waals surface area (Å²) in [5.74, 6) is 0.922. The van der Waals surface area contributed by atoms with Gasteiger partial charge in [0.2, 0.25) is 0 Å². The number of para-hydroxylation sites is 1. The maximum atomic E-state index is 5.00. The first-order valence-electron chi connectivity index (χ1n) is 3.80. The molecule has 0 spiro atoms. The summed E-state index contributed by atoms with van der Waals surface area (Å²) in [4.78, 5) is 0. The van der Waals surface area contributed by atoms with Gasteiger partial charge in [-0.25, -0.2) is 0 Å². The Kier molecular flexibility index (Phi) is 3.17. The van der Waals surface area contributed by atoms with Crippen LogP contribution in [0.25, 0.3) is 0 Å². The van der Waals surface area contributed by atoms with Crippen LogP contribution in [0.15, 0.2) is 24.3 Å². The molecule has 0 aliphatic carbocycles. The third-order valence-corrected chi connectivity index (χ3v) is 1.82. The van der Waals surface area contributed by atoms with Crippen LogP contribution in [-0.4, -0.2) is 10.5 Å². The van der Waals surface area contributed by atoms with Gasteiger partial charge in [0.25, 0.3) is 0 Å². The van der Waals surface area contributed by atoms with Gasteiger partial charge < -0.3 is 4.43 Å². The largest absolute Gasteiger partial charge is 0.540 e. The molecule has 0 aliphatic heterocycles. The summed E-state index contributed by atoms with van der Waals surface area (Å²) in [6.07, 6.45) is 2.22. The molecular weight excluding hydrogens is 152 g/mol. The Bertz CT molecular complexity index is 223. The van der Waals surface area contributed by atoms with Crippen molar-refractivity contribution in [1.29, 1.82) is 0 Å². The van der Waals surface area contributed by atoms with Crippen molar-refractivity contribution in [1.82, 2.24) is 0 Å². The maximum absolute atomic E-state index is 5.00. The van der Waals surface area contributed by atoms with Crippen molar-refractivity contribution in [3.05, 3.63) is 29.8 Å². The molecule has 0 aliphatic rings. The molecule has 57 valence electrons. The molecule has 0 heterocycles. The van der Waals surface area contributed by atoms with Crippen molar-refractivity contribution in [3.63, 3.8) is 0 Å². The van der Waals surface area contributed by atoms with Crippen LogP contribution in [0.1, 0.15) is 18.9 Å². The lowest BCUT2D eigenvalue weighted by molar-refractivity contribution is 0.603. The van der Waals surface area contributed by atoms with E-state index in [0.717, 1.165) is 18.6 Å². The zero-order chi connectivity index (χ0) is 8.10. The van der Waals surface area contributed by atoms with Crippen molar-refractivity contribution in [2.24, 2.45) is 0 Å². The van der Waals surface area contributed by atoms with E-state index in [-0.39, 0.29) is 0 Å². The first-order chi connectivity index (χ1) is 5.38. The minimum atomic E-state index is 0.922. The van der Waals surface area contributed by atoms with Gasteiger partial charge in [0.1, 0.15) is 5.75 Å². The molecular formula is C9H11OSi. The third-order valence-electron chi connectivity index (χ3n) is 1.60. The van der Waals surface area contributed by atoms with Crippen molar-refractivity contribution < 1.29 is 4.43 Å². The molecule has 1 aromatic carbocycles. The number of aryl methyl sites for hydroxylation is 1. The van der Waals surface area contributed by atoms with Gasteiger partial charge in [-0.15, -0.1) is 0 Å². The third kappa shape index (κ3) is 2.08. The summed E-state index contributed by atoms with van der Waals surface area (Å²) < 4.78 is 5.00. The average Bonchev–Trinajstić information content (AvgIpc) is 2.06. The van der Waals surface area contributed by atoms with Crippen molar-refractivity contribution >= 4 is 10.5 Å². The van der Waals surface area contributed by atoms with E-state index in [1.807, 2.05) is 18.2 Å². The van der Waals surface area contributed by atoms with Gasteiger partial charge >= 0.3 is 10.5 Å². The molecule has 1 rings (SSSR count). The van der Waals surface area contributed by atoms with Crippen molar-refractivity contribution in [2.45, 2.75) is 19.8 Å². The highest BCUT2D eigenvalue weighted by atomic mass is 28.2. The first-order valence-corrected chi connectivity index (χ1v) is 4.20. The van der Waals surface area contributed by atoms with E-state index in [0.29, 0.717) is 0 Å². The van der Waals surface area contributed by atoms with Gasteiger partial charge in [0.05, 0.1) is 0 Å². The summed E-state index contributed by atoms with van der Waals surface area (Å²) in [5, 5.41) is 0. The van der Waals surface area contributed by atoms with Gasteiger partial charge in [-0.3, -0.25) is 0 Å². The summed E-state index contributed by atoms with van der Waals surface area (Å²) in [6.45, 7) is 2.16. The van der Waals surface area contributed by atoms with Gasteiger partial charge in [0.15, 0.2) is 0 Å². The van der Waals surface area contributed by atoms with E-state index in [9.17, 15) is 0 Å². The predicted molar refractivity (Wildman–Crippen MR) is 46.8 cm³/mol. The molecule has 0 aromatic heterocycles. The van der Waals surface area contributed by atoms with E-state index < -0.39 is 0 Å². The Hall–Kier alpha value is -0.763. The van der Waals surface area contributed by atoms with Gasteiger partial charge in [0, 0.05) is 0 Å². The van der Waals surface area contributed by atoms with E-state index in [1.54, 1.807) is 0 Å². The second-order valence-electron chi connectivity index (χ2n) is 2.46. The normalized spacial score (nSPS) is 9.64. The summed E-state index contributed by atoms with van der Waals surface area (Å²) >= 11 is 0. The fourth-order valence-corrected chi connectivity index (χ4v) is 1.28. The van der Waals surface area contributed by atoms with Crippen LogP contribution in [0.3, 0.4) is 0 Å². The smallest absolute Gasteiger partial charge is 0.341 e. The Balaban J connectivity index is 2.83. The highest BCUT2D eigenvalue weighted by Gasteiger charge is 1.97. The molecule has 1 aromatic rings. The molecule has 1 nitrogen and oxygen atoms in total. The van der Waals surface area contributed by atoms with Crippen LogP contribution in [0.2, 0.25) is 0 Å². The lowest BCUT2D eigenvalue weighted by Crippen LogP contribution is -1.91. The van der Waals surface area contributed by atoms with Gasteiger partial charge in [-0.1, -0.05) is 31.5 Å². The number of hydrogen-bond acceptors (Lipinski definition) is 1. The number of hydrogen-bond donors (Lipinski definition) is 0. The van der Waals surface area contributed by atoms with Crippen LogP contribution in [-0.2, 0) is 6.42 Å². The predicted octanol–water partition coefficient (Wildman–Crippen LogP) is 2.10. The van der Waals surface area contributed by atoms with Crippen LogP contribution in [0, 0.1) is 0 Å². The topological polar surface area (TPSA) is 9.23 Å². The average molecular weight is 163 g/mol. The highest BCUT2D eigenvalue weighted by Crippen LogP contribution is 2.17. The van der Waals surface area contributed by atoms with Crippen molar-refractivity contribution in [3.8, 4) is 5.75 Å². The zero-order valence-electron chi connectivity index (χ0n) is 6.63. The Morgan fingerprint density at radius 1 is 1.36 bits per heavy atom. The van der Waals surface area contributed by atoms with Gasteiger partial charge in [-0.05, 0) is 18.1 Å². The standard InChI is InChI=1S/C9H11OSi/c1-2-5-8-6-3-4-7-9(8)10-11/h3-4,6-7H,2,5H2,1H3. The zero-order valence-corrected chi connectivity index (χ0v) is 7.63. The van der Waals surface area contributed by atoms with Crippen LogP contribution in [0.4, 0.5) is 0 Å². The van der Waals surface area contributed by atoms with Crippen LogP contribution >= 0.6 is 0 Å². The lowest BCUT2D eigenvalue weighted by atomic mass is 10.1. The fraction of sp³-hybridized carbons (Fsp3) is 0.333. The quantitative estimate of drug-likeness (QED) is 0.620. The Labute approximate surface area is 70.9 Å². The second-order valence-corrected chi connectivity index (χ2v) is 2.66. The molecule has 0 saturated heterocycles. The Morgan fingerprint density at radius 3 is 2.73 bits per heavy atom. The van der Waals surface area contributed by atoms with Crippen LogP contribution < -0.4 is 4.43 Å². The van der Waals surface area contributed by atoms with Crippen LogP contribution in [0.5, 0.6) is 5.75 Å². The highest BCUT2D eigenvalue weighted by molar-refractivity contribution is 6.00. The van der Waals surface area contributed by atoms with E-state index >= 15 is 0 Å². The van der Waals surface area contributed by atoms with E-state index in [1.165, 1.54) is 5.56 Å². The number of rotatable bonds is 3.